The lowest BCUT2D eigenvalue weighted by molar-refractivity contribution is -0.143. The van der Waals surface area contributed by atoms with Gasteiger partial charge in [-0.15, -0.1) is 10.2 Å². The van der Waals surface area contributed by atoms with E-state index in [4.69, 9.17) is 0 Å². The molecule has 6 nitrogen and oxygen atoms in total. The zero-order valence-electron chi connectivity index (χ0n) is 13.6. The van der Waals surface area contributed by atoms with Crippen LogP contribution in [0, 0.1) is 12.7 Å². The molecule has 9 heteroatoms. The number of piperazine rings is 1. The van der Waals surface area contributed by atoms with Crippen molar-refractivity contribution in [3.8, 4) is 0 Å². The normalized spacial score (nSPS) is 17.4. The minimum absolute atomic E-state index is 0.127. The van der Waals surface area contributed by atoms with E-state index in [0.717, 1.165) is 9.35 Å². The van der Waals surface area contributed by atoms with E-state index in [1.165, 1.54) is 40.1 Å². The van der Waals surface area contributed by atoms with Gasteiger partial charge in [0.2, 0.25) is 11.8 Å². The number of carbonyl (C=O) groups is 2. The first-order valence-electron chi connectivity index (χ1n) is 7.80. The van der Waals surface area contributed by atoms with Crippen LogP contribution in [0.4, 0.5) is 4.39 Å². The molecule has 1 N–H and O–H groups in total. The van der Waals surface area contributed by atoms with Crippen molar-refractivity contribution in [3.63, 3.8) is 0 Å². The minimum Gasteiger partial charge on any atom is -0.352 e. The molecule has 2 aromatic rings. The van der Waals surface area contributed by atoms with E-state index in [-0.39, 0.29) is 18.2 Å². The van der Waals surface area contributed by atoms with Crippen LogP contribution in [-0.4, -0.2) is 45.8 Å². The maximum Gasteiger partial charge on any atom is 0.247 e. The molecule has 25 heavy (non-hydrogen) atoms. The maximum atomic E-state index is 13.5. The third kappa shape index (κ3) is 4.35. The van der Waals surface area contributed by atoms with Gasteiger partial charge in [-0.25, -0.2) is 4.39 Å². The van der Waals surface area contributed by atoms with Gasteiger partial charge in [0.1, 0.15) is 16.9 Å². The van der Waals surface area contributed by atoms with Crippen molar-refractivity contribution < 1.29 is 14.0 Å². The number of carbonyl (C=O) groups excluding carboxylic acids is 2. The number of halogens is 1. The van der Waals surface area contributed by atoms with Gasteiger partial charge < -0.3 is 10.2 Å². The van der Waals surface area contributed by atoms with Crippen molar-refractivity contribution in [3.05, 3.63) is 40.7 Å². The highest BCUT2D eigenvalue weighted by molar-refractivity contribution is 8.01. The molecule has 2 amide bonds. The summed E-state index contributed by atoms with van der Waals surface area (Å²) in [4.78, 5) is 26.4. The number of nitrogens with zero attached hydrogens (tertiary/aromatic N) is 3. The van der Waals surface area contributed by atoms with Gasteiger partial charge in [0.15, 0.2) is 4.34 Å². The smallest absolute Gasteiger partial charge is 0.247 e. The average Bonchev–Trinajstić information content (AvgIpc) is 2.99. The Balaban J connectivity index is 1.67. The van der Waals surface area contributed by atoms with E-state index < -0.39 is 11.9 Å². The number of aromatic nitrogens is 2. The second kappa shape index (κ2) is 7.92. The van der Waals surface area contributed by atoms with E-state index in [2.05, 4.69) is 15.5 Å². The number of rotatable bonds is 5. The molecule has 2 heterocycles. The first-order valence-corrected chi connectivity index (χ1v) is 9.60. The lowest BCUT2D eigenvalue weighted by Crippen LogP contribution is -2.52. The standard InChI is InChI=1S/C16H17FN4O2S2/c1-10-19-20-16(25-10)24-8-5-13(22)21-7-6-18-15(23)14(21)11-3-2-4-12(17)9-11/h2-4,9,14H,5-8H2,1H3,(H,18,23)/t14-/m0/s1. The molecule has 0 spiro atoms. The second-order valence-corrected chi connectivity index (χ2v) is 8.04. The summed E-state index contributed by atoms with van der Waals surface area (Å²) in [5, 5.41) is 11.6. The minimum atomic E-state index is -0.786. The SMILES string of the molecule is Cc1nnc(SCCC(=O)N2CCNC(=O)[C@@H]2c2cccc(F)c2)s1. The number of benzene rings is 1. The molecule has 0 aliphatic carbocycles. The molecule has 0 bridgehead atoms. The quantitative estimate of drug-likeness (QED) is 0.805. The fourth-order valence-electron chi connectivity index (χ4n) is 2.65. The van der Waals surface area contributed by atoms with Crippen LogP contribution in [0.1, 0.15) is 23.0 Å². The average molecular weight is 380 g/mol. The van der Waals surface area contributed by atoms with Crippen molar-refractivity contribution >= 4 is 34.9 Å². The molecule has 1 saturated heterocycles. The molecular weight excluding hydrogens is 363 g/mol. The van der Waals surface area contributed by atoms with Crippen LogP contribution in [-0.2, 0) is 9.59 Å². The fraction of sp³-hybridized carbons (Fsp3) is 0.375. The Morgan fingerprint density at radius 3 is 3.04 bits per heavy atom. The molecule has 0 saturated carbocycles. The topological polar surface area (TPSA) is 75.2 Å². The number of hydrogen-bond acceptors (Lipinski definition) is 6. The van der Waals surface area contributed by atoms with Gasteiger partial charge in [-0.1, -0.05) is 35.2 Å². The molecule has 3 rings (SSSR count). The molecule has 1 fully saturated rings. The summed E-state index contributed by atoms with van der Waals surface area (Å²) in [6.07, 6.45) is 0.280. The number of thioether (sulfide) groups is 1. The molecule has 132 valence electrons. The van der Waals surface area contributed by atoms with Crippen LogP contribution in [0.5, 0.6) is 0 Å². The van der Waals surface area contributed by atoms with Crippen LogP contribution in [0.2, 0.25) is 0 Å². The van der Waals surface area contributed by atoms with Gasteiger partial charge in [-0.3, -0.25) is 9.59 Å². The summed E-state index contributed by atoms with van der Waals surface area (Å²) in [6, 6.07) is 5.04. The lowest BCUT2D eigenvalue weighted by atomic mass is 10.0. The molecular formula is C16H17FN4O2S2. The largest absolute Gasteiger partial charge is 0.352 e. The molecule has 1 atom stereocenters. The molecule has 1 aromatic heterocycles. The first kappa shape index (κ1) is 17.8. The van der Waals surface area contributed by atoms with Crippen molar-refractivity contribution in [1.82, 2.24) is 20.4 Å². The maximum absolute atomic E-state index is 13.5. The van der Waals surface area contributed by atoms with Crippen LogP contribution < -0.4 is 5.32 Å². The van der Waals surface area contributed by atoms with Crippen LogP contribution in [0.25, 0.3) is 0 Å². The summed E-state index contributed by atoms with van der Waals surface area (Å²) in [5.74, 6) is -0.275. The number of aryl methyl sites for hydroxylation is 1. The fourth-order valence-corrected chi connectivity index (χ4v) is 4.46. The first-order chi connectivity index (χ1) is 12.0. The van der Waals surface area contributed by atoms with Crippen LogP contribution in [0.3, 0.4) is 0 Å². The Labute approximate surface area is 152 Å². The third-order valence-electron chi connectivity index (χ3n) is 3.75. The van der Waals surface area contributed by atoms with Gasteiger partial charge in [-0.2, -0.15) is 0 Å². The van der Waals surface area contributed by atoms with Crippen LogP contribution in [0.15, 0.2) is 28.6 Å². The second-order valence-electron chi connectivity index (χ2n) is 5.52. The van der Waals surface area contributed by atoms with E-state index in [1.54, 1.807) is 12.1 Å². The predicted octanol–water partition coefficient (Wildman–Crippen LogP) is 2.17. The summed E-state index contributed by atoms with van der Waals surface area (Å²) in [6.45, 7) is 2.69. The highest BCUT2D eigenvalue weighted by Gasteiger charge is 2.34. The zero-order valence-corrected chi connectivity index (χ0v) is 15.2. The summed E-state index contributed by atoms with van der Waals surface area (Å²) in [5.41, 5.74) is 0.484. The van der Waals surface area contributed by atoms with Crippen molar-refractivity contribution in [2.24, 2.45) is 0 Å². The third-order valence-corrected chi connectivity index (χ3v) is 5.72. The zero-order chi connectivity index (χ0) is 17.8. The Morgan fingerprint density at radius 2 is 2.32 bits per heavy atom. The predicted molar refractivity (Wildman–Crippen MR) is 93.9 cm³/mol. The molecule has 0 unspecified atom stereocenters. The van der Waals surface area contributed by atoms with Gasteiger partial charge in [0, 0.05) is 25.3 Å². The highest BCUT2D eigenvalue weighted by Crippen LogP contribution is 2.26. The summed E-state index contributed by atoms with van der Waals surface area (Å²) >= 11 is 2.96. The van der Waals surface area contributed by atoms with Gasteiger partial charge in [0.25, 0.3) is 0 Å². The van der Waals surface area contributed by atoms with E-state index in [0.29, 0.717) is 24.4 Å². The number of nitrogens with one attached hydrogen (secondary N) is 1. The molecule has 1 aliphatic heterocycles. The van der Waals surface area contributed by atoms with Crippen LogP contribution >= 0.6 is 23.1 Å². The molecule has 1 aromatic carbocycles. The van der Waals surface area contributed by atoms with Gasteiger partial charge >= 0.3 is 0 Å². The Hall–Kier alpha value is -2.00. The summed E-state index contributed by atoms with van der Waals surface area (Å²) in [7, 11) is 0. The Morgan fingerprint density at radius 1 is 1.48 bits per heavy atom. The summed E-state index contributed by atoms with van der Waals surface area (Å²) < 4.78 is 14.3. The lowest BCUT2D eigenvalue weighted by Gasteiger charge is -2.35. The Kier molecular flexibility index (Phi) is 5.64. The van der Waals surface area contributed by atoms with Gasteiger partial charge in [0.05, 0.1) is 0 Å². The number of hydrogen-bond donors (Lipinski definition) is 1. The van der Waals surface area contributed by atoms with Crippen molar-refractivity contribution in [2.45, 2.75) is 23.7 Å². The van der Waals surface area contributed by atoms with E-state index >= 15 is 0 Å². The van der Waals surface area contributed by atoms with E-state index in [9.17, 15) is 14.0 Å². The monoisotopic (exact) mass is 380 g/mol. The number of amides is 2. The van der Waals surface area contributed by atoms with E-state index in [1.807, 2.05) is 6.92 Å². The van der Waals surface area contributed by atoms with Crippen molar-refractivity contribution in [1.29, 1.82) is 0 Å². The molecule has 1 aliphatic rings. The highest BCUT2D eigenvalue weighted by atomic mass is 32.2. The molecule has 0 radical (unpaired) electrons. The van der Waals surface area contributed by atoms with Crippen molar-refractivity contribution in [2.75, 3.05) is 18.8 Å². The van der Waals surface area contributed by atoms with Gasteiger partial charge in [-0.05, 0) is 24.6 Å². The Bertz CT molecular complexity index is 783.